The number of ketones is 1. The first-order valence-electron chi connectivity index (χ1n) is 11.6. The molecule has 2 amide bonds. The average Bonchev–Trinajstić information content (AvgIpc) is 3.16. The van der Waals surface area contributed by atoms with Crippen LogP contribution in [0.15, 0.2) is 72.9 Å². The Balaban J connectivity index is 1.47. The molecule has 184 valence electrons. The van der Waals surface area contributed by atoms with Gasteiger partial charge in [0, 0.05) is 58.1 Å². The van der Waals surface area contributed by atoms with Crippen LogP contribution in [-0.4, -0.2) is 49.2 Å². The largest absolute Gasteiger partial charge is 0.381 e. The smallest absolute Gasteiger partial charge is 0.257 e. The third-order valence-electron chi connectivity index (χ3n) is 5.79. The van der Waals surface area contributed by atoms with Crippen molar-refractivity contribution in [3.63, 3.8) is 0 Å². The van der Waals surface area contributed by atoms with Crippen molar-refractivity contribution in [1.82, 2.24) is 4.90 Å². The SMILES string of the molecule is CC(CN(C)C)Nc1ccc(NC=C2C(=O)Nc3cc(C(=O)c4cccc(C(N)=O)c4)ccc32)cc1. The Hall–Kier alpha value is -4.43. The van der Waals surface area contributed by atoms with Crippen LogP contribution in [0.2, 0.25) is 0 Å². The highest BCUT2D eigenvalue weighted by Crippen LogP contribution is 2.33. The lowest BCUT2D eigenvalue weighted by atomic mass is 9.98. The minimum atomic E-state index is -0.599. The summed E-state index contributed by atoms with van der Waals surface area (Å²) in [5.41, 5.74) is 9.92. The molecule has 4 rings (SSSR count). The predicted molar refractivity (Wildman–Crippen MR) is 143 cm³/mol. The number of nitrogens with one attached hydrogen (secondary N) is 3. The van der Waals surface area contributed by atoms with Crippen LogP contribution in [0.25, 0.3) is 5.57 Å². The quantitative estimate of drug-likeness (QED) is 0.272. The highest BCUT2D eigenvalue weighted by molar-refractivity contribution is 6.32. The van der Waals surface area contributed by atoms with E-state index in [1.807, 2.05) is 38.4 Å². The Morgan fingerprint density at radius 1 is 0.972 bits per heavy atom. The molecule has 1 atom stereocenters. The highest BCUT2D eigenvalue weighted by Gasteiger charge is 2.25. The topological polar surface area (TPSA) is 117 Å². The molecule has 1 aliphatic heterocycles. The van der Waals surface area contributed by atoms with Crippen molar-refractivity contribution in [2.45, 2.75) is 13.0 Å². The minimum absolute atomic E-state index is 0.256. The van der Waals surface area contributed by atoms with E-state index in [1.165, 1.54) is 6.07 Å². The lowest BCUT2D eigenvalue weighted by molar-refractivity contribution is -0.110. The van der Waals surface area contributed by atoms with Gasteiger partial charge in [-0.3, -0.25) is 14.4 Å². The van der Waals surface area contributed by atoms with E-state index in [9.17, 15) is 14.4 Å². The van der Waals surface area contributed by atoms with Gasteiger partial charge in [0.2, 0.25) is 5.91 Å². The second-order valence-corrected chi connectivity index (χ2v) is 9.08. The van der Waals surface area contributed by atoms with Crippen molar-refractivity contribution < 1.29 is 14.4 Å². The van der Waals surface area contributed by atoms with Gasteiger partial charge in [0.05, 0.1) is 5.57 Å². The number of hydrogen-bond acceptors (Lipinski definition) is 6. The summed E-state index contributed by atoms with van der Waals surface area (Å²) >= 11 is 0. The Kier molecular flexibility index (Phi) is 7.17. The van der Waals surface area contributed by atoms with Crippen LogP contribution < -0.4 is 21.7 Å². The first-order chi connectivity index (χ1) is 17.2. The highest BCUT2D eigenvalue weighted by atomic mass is 16.2. The van der Waals surface area contributed by atoms with Gasteiger partial charge in [0.15, 0.2) is 5.78 Å². The maximum absolute atomic E-state index is 12.9. The molecule has 0 aromatic heterocycles. The number of benzene rings is 3. The molecule has 5 N–H and O–H groups in total. The molecule has 8 heteroatoms. The normalized spacial score (nSPS) is 14.3. The Labute approximate surface area is 210 Å². The zero-order valence-electron chi connectivity index (χ0n) is 20.5. The number of nitrogens with two attached hydrogens (primary N) is 1. The van der Waals surface area contributed by atoms with Gasteiger partial charge in [0.25, 0.3) is 5.91 Å². The van der Waals surface area contributed by atoms with Crippen LogP contribution in [0, 0.1) is 0 Å². The van der Waals surface area contributed by atoms with E-state index in [-0.39, 0.29) is 17.3 Å². The van der Waals surface area contributed by atoms with Gasteiger partial charge in [-0.1, -0.05) is 24.3 Å². The zero-order valence-corrected chi connectivity index (χ0v) is 20.5. The minimum Gasteiger partial charge on any atom is -0.381 e. The van der Waals surface area contributed by atoms with E-state index in [0.29, 0.717) is 34.0 Å². The molecular formula is C28H29N5O3. The summed E-state index contributed by atoms with van der Waals surface area (Å²) in [5, 5.41) is 9.45. The monoisotopic (exact) mass is 483 g/mol. The van der Waals surface area contributed by atoms with E-state index >= 15 is 0 Å². The summed E-state index contributed by atoms with van der Waals surface area (Å²) in [6.07, 6.45) is 1.66. The molecule has 0 spiro atoms. The summed E-state index contributed by atoms with van der Waals surface area (Å²) in [7, 11) is 4.08. The Morgan fingerprint density at radius 2 is 1.64 bits per heavy atom. The third kappa shape index (κ3) is 5.61. The Morgan fingerprint density at radius 3 is 2.33 bits per heavy atom. The number of anilines is 3. The molecule has 36 heavy (non-hydrogen) atoms. The van der Waals surface area contributed by atoms with Crippen LogP contribution in [0.5, 0.6) is 0 Å². The number of carbonyl (C=O) groups is 3. The third-order valence-corrected chi connectivity index (χ3v) is 5.79. The van der Waals surface area contributed by atoms with Gasteiger partial charge in [0.1, 0.15) is 0 Å². The first-order valence-corrected chi connectivity index (χ1v) is 11.6. The fraction of sp³-hybridized carbons (Fsp3) is 0.179. The zero-order chi connectivity index (χ0) is 25.8. The number of amides is 2. The van der Waals surface area contributed by atoms with E-state index in [0.717, 1.165) is 17.9 Å². The van der Waals surface area contributed by atoms with E-state index < -0.39 is 5.91 Å². The fourth-order valence-electron chi connectivity index (χ4n) is 4.16. The number of carbonyl (C=O) groups excluding carboxylic acids is 3. The van der Waals surface area contributed by atoms with Crippen molar-refractivity contribution in [3.8, 4) is 0 Å². The molecule has 1 aliphatic rings. The lowest BCUT2D eigenvalue weighted by Crippen LogP contribution is -2.29. The van der Waals surface area contributed by atoms with Crippen LogP contribution >= 0.6 is 0 Å². The predicted octanol–water partition coefficient (Wildman–Crippen LogP) is 3.78. The summed E-state index contributed by atoms with van der Waals surface area (Å²) in [4.78, 5) is 39.1. The number of likely N-dealkylation sites (N-methyl/N-ethyl adjacent to an activating group) is 1. The molecule has 1 unspecified atom stereocenters. The van der Waals surface area contributed by atoms with Gasteiger partial charge < -0.3 is 26.6 Å². The molecule has 0 fully saturated rings. The van der Waals surface area contributed by atoms with Crippen molar-refractivity contribution >= 4 is 40.2 Å². The number of nitrogens with zero attached hydrogens (tertiary/aromatic N) is 1. The van der Waals surface area contributed by atoms with Crippen molar-refractivity contribution in [3.05, 3.63) is 95.2 Å². The van der Waals surface area contributed by atoms with E-state index in [4.69, 9.17) is 5.73 Å². The lowest BCUT2D eigenvalue weighted by Gasteiger charge is -2.19. The molecule has 3 aromatic carbocycles. The fourth-order valence-corrected chi connectivity index (χ4v) is 4.16. The van der Waals surface area contributed by atoms with Crippen molar-refractivity contribution in [2.24, 2.45) is 5.73 Å². The van der Waals surface area contributed by atoms with Gasteiger partial charge in [-0.25, -0.2) is 0 Å². The molecule has 8 nitrogen and oxygen atoms in total. The van der Waals surface area contributed by atoms with Crippen molar-refractivity contribution in [1.29, 1.82) is 0 Å². The van der Waals surface area contributed by atoms with Crippen LogP contribution in [0.4, 0.5) is 17.1 Å². The number of fused-ring (bicyclic) bond motifs is 1. The molecule has 0 saturated heterocycles. The molecular weight excluding hydrogens is 454 g/mol. The van der Waals surface area contributed by atoms with Gasteiger partial charge in [-0.05, 0) is 63.5 Å². The summed E-state index contributed by atoms with van der Waals surface area (Å²) in [6, 6.07) is 19.5. The molecule has 0 aliphatic carbocycles. The molecule has 3 aromatic rings. The maximum Gasteiger partial charge on any atom is 0.257 e. The maximum atomic E-state index is 12.9. The average molecular weight is 484 g/mol. The number of hydrogen-bond donors (Lipinski definition) is 4. The number of primary amides is 1. The number of rotatable bonds is 9. The Bertz CT molecular complexity index is 1350. The van der Waals surface area contributed by atoms with E-state index in [1.54, 1.807) is 42.6 Å². The second-order valence-electron chi connectivity index (χ2n) is 9.08. The summed E-state index contributed by atoms with van der Waals surface area (Å²) in [6.45, 7) is 3.05. The van der Waals surface area contributed by atoms with Gasteiger partial charge >= 0.3 is 0 Å². The van der Waals surface area contributed by atoms with Gasteiger partial charge in [-0.15, -0.1) is 0 Å². The van der Waals surface area contributed by atoms with Crippen molar-refractivity contribution in [2.75, 3.05) is 36.6 Å². The van der Waals surface area contributed by atoms with E-state index in [2.05, 4.69) is 27.8 Å². The molecule has 0 saturated carbocycles. The summed E-state index contributed by atoms with van der Waals surface area (Å²) in [5.74, 6) is -1.12. The first kappa shape index (κ1) is 24.7. The standard InChI is InChI=1S/C28H29N5O3/c1-17(16-33(2)3)31-22-10-8-21(9-11-22)30-15-24-23-12-7-19(14-25(23)32-28(24)36)26(34)18-5-4-6-20(13-18)27(29)35/h4-15,17,30-31H,16H2,1-3H3,(H2,29,35)(H,32,36). The van der Waals surface area contributed by atoms with Crippen LogP contribution in [0.3, 0.4) is 0 Å². The molecule has 1 heterocycles. The van der Waals surface area contributed by atoms with Gasteiger partial charge in [-0.2, -0.15) is 0 Å². The second kappa shape index (κ2) is 10.5. The molecule has 0 bridgehead atoms. The van der Waals surface area contributed by atoms with Crippen LogP contribution in [0.1, 0.15) is 38.8 Å². The molecule has 0 radical (unpaired) electrons. The van der Waals surface area contributed by atoms with Crippen LogP contribution in [-0.2, 0) is 4.79 Å². The summed E-state index contributed by atoms with van der Waals surface area (Å²) < 4.78 is 0.